The molecule has 0 radical (unpaired) electrons. The van der Waals surface area contributed by atoms with Crippen molar-refractivity contribution in [2.24, 2.45) is 0 Å². The predicted molar refractivity (Wildman–Crippen MR) is 65.0 cm³/mol. The van der Waals surface area contributed by atoms with Crippen molar-refractivity contribution in [1.29, 1.82) is 0 Å². The lowest BCUT2D eigenvalue weighted by molar-refractivity contribution is -0.137. The van der Waals surface area contributed by atoms with Gasteiger partial charge in [0.25, 0.3) is 0 Å². The molecule has 2 rings (SSSR count). The van der Waals surface area contributed by atoms with Crippen molar-refractivity contribution in [2.45, 2.75) is 17.3 Å². The molecule has 0 N–H and O–H groups in total. The van der Waals surface area contributed by atoms with Gasteiger partial charge in [0.05, 0.1) is 4.90 Å². The zero-order valence-corrected chi connectivity index (χ0v) is 11.3. The molecule has 0 amide bonds. The monoisotopic (exact) mass is 316 g/mol. The van der Waals surface area contributed by atoms with Crippen molar-refractivity contribution in [3.8, 4) is 0 Å². The maximum atomic E-state index is 12.1. The normalized spacial score (nSPS) is 20.0. The lowest BCUT2D eigenvalue weighted by Crippen LogP contribution is -2.20. The Hall–Kier alpha value is -1.14. The maximum Gasteiger partial charge on any atom is 0.335 e. The van der Waals surface area contributed by atoms with Gasteiger partial charge in [-0.15, -0.1) is 0 Å². The van der Waals surface area contributed by atoms with Gasteiger partial charge in [0.2, 0.25) is 15.3 Å². The molecule has 1 heterocycles. The standard InChI is InChI=1S/C11H9BrO4S/c1-7-6-10(16-11(7)13)17(14,15)9-4-2-8(12)3-5-9/h2-6,10H,1H3. The third kappa shape index (κ3) is 2.28. The molecule has 4 nitrogen and oxygen atoms in total. The maximum absolute atomic E-state index is 12.1. The minimum absolute atomic E-state index is 0.129. The number of hydrogen-bond acceptors (Lipinski definition) is 4. The number of esters is 1. The minimum atomic E-state index is -3.66. The van der Waals surface area contributed by atoms with E-state index in [0.717, 1.165) is 4.47 Å². The molecule has 0 aliphatic carbocycles. The van der Waals surface area contributed by atoms with Gasteiger partial charge >= 0.3 is 5.97 Å². The molecule has 1 aliphatic rings. The number of hydrogen-bond donors (Lipinski definition) is 0. The van der Waals surface area contributed by atoms with Crippen molar-refractivity contribution in [2.75, 3.05) is 0 Å². The second-order valence-electron chi connectivity index (χ2n) is 3.62. The molecule has 1 unspecified atom stereocenters. The van der Waals surface area contributed by atoms with E-state index in [1.165, 1.54) is 25.1 Å². The number of benzene rings is 1. The zero-order valence-electron chi connectivity index (χ0n) is 8.88. The Labute approximate surface area is 107 Å². The van der Waals surface area contributed by atoms with E-state index < -0.39 is 21.2 Å². The van der Waals surface area contributed by atoms with E-state index in [2.05, 4.69) is 15.9 Å². The van der Waals surface area contributed by atoms with Gasteiger partial charge in [-0.1, -0.05) is 15.9 Å². The van der Waals surface area contributed by atoms with Crippen molar-refractivity contribution in [3.05, 3.63) is 40.4 Å². The summed E-state index contributed by atoms with van der Waals surface area (Å²) in [5.74, 6) is -0.587. The quantitative estimate of drug-likeness (QED) is 0.783. The smallest absolute Gasteiger partial charge is 0.335 e. The molecule has 1 aromatic carbocycles. The summed E-state index contributed by atoms with van der Waals surface area (Å²) in [6.45, 7) is 1.53. The average Bonchev–Trinajstić information content (AvgIpc) is 2.60. The highest BCUT2D eigenvalue weighted by Crippen LogP contribution is 2.25. The Bertz CT molecular complexity index is 586. The Morgan fingerprint density at radius 3 is 2.29 bits per heavy atom. The molecule has 0 bridgehead atoms. The van der Waals surface area contributed by atoms with Crippen molar-refractivity contribution >= 4 is 31.7 Å². The Balaban J connectivity index is 2.38. The fourth-order valence-corrected chi connectivity index (χ4v) is 3.06. The van der Waals surface area contributed by atoms with Gasteiger partial charge in [-0.25, -0.2) is 13.2 Å². The van der Waals surface area contributed by atoms with Gasteiger partial charge in [-0.05, 0) is 37.3 Å². The van der Waals surface area contributed by atoms with E-state index in [0.29, 0.717) is 5.57 Å². The van der Waals surface area contributed by atoms with Crippen LogP contribution < -0.4 is 0 Å². The number of cyclic esters (lactones) is 1. The first-order valence-electron chi connectivity index (χ1n) is 4.80. The van der Waals surface area contributed by atoms with Crippen LogP contribution in [0.5, 0.6) is 0 Å². The van der Waals surface area contributed by atoms with Crippen LogP contribution in [0.3, 0.4) is 0 Å². The number of carbonyl (C=O) groups is 1. The highest BCUT2D eigenvalue weighted by atomic mass is 79.9. The summed E-state index contributed by atoms with van der Waals surface area (Å²) < 4.78 is 29.8. The van der Waals surface area contributed by atoms with Gasteiger partial charge in [0.15, 0.2) is 0 Å². The molecule has 90 valence electrons. The summed E-state index contributed by atoms with van der Waals surface area (Å²) in [6, 6.07) is 6.18. The largest absolute Gasteiger partial charge is 0.438 e. The zero-order chi connectivity index (χ0) is 12.6. The van der Waals surface area contributed by atoms with Crippen molar-refractivity contribution < 1.29 is 17.9 Å². The van der Waals surface area contributed by atoms with Crippen LogP contribution in [0, 0.1) is 0 Å². The molecule has 1 aliphatic heterocycles. The minimum Gasteiger partial charge on any atom is -0.438 e. The highest BCUT2D eigenvalue weighted by Gasteiger charge is 2.34. The predicted octanol–water partition coefficient (Wildman–Crippen LogP) is 2.05. The van der Waals surface area contributed by atoms with Crippen molar-refractivity contribution in [1.82, 2.24) is 0 Å². The molecule has 0 spiro atoms. The van der Waals surface area contributed by atoms with Gasteiger partial charge < -0.3 is 4.74 Å². The fraction of sp³-hybridized carbons (Fsp3) is 0.182. The third-order valence-corrected chi connectivity index (χ3v) is 4.68. The summed E-state index contributed by atoms with van der Waals surface area (Å²) in [7, 11) is -3.66. The SMILES string of the molecule is CC1=CC(S(=O)(=O)c2ccc(Br)cc2)OC1=O. The highest BCUT2D eigenvalue weighted by molar-refractivity contribution is 9.10. The lowest BCUT2D eigenvalue weighted by atomic mass is 10.3. The first kappa shape index (κ1) is 12.3. The van der Waals surface area contributed by atoms with Gasteiger partial charge in [0, 0.05) is 10.0 Å². The molecule has 0 saturated carbocycles. The number of sulfone groups is 1. The first-order chi connectivity index (χ1) is 7.91. The van der Waals surface area contributed by atoms with Crippen LogP contribution in [0.4, 0.5) is 0 Å². The number of ether oxygens (including phenoxy) is 1. The van der Waals surface area contributed by atoms with E-state index >= 15 is 0 Å². The summed E-state index contributed by atoms with van der Waals surface area (Å²) in [4.78, 5) is 11.3. The molecule has 1 atom stereocenters. The third-order valence-electron chi connectivity index (χ3n) is 2.38. The van der Waals surface area contributed by atoms with E-state index in [1.807, 2.05) is 0 Å². The Morgan fingerprint density at radius 2 is 1.82 bits per heavy atom. The summed E-state index contributed by atoms with van der Waals surface area (Å²) in [5, 5.41) is 0. The van der Waals surface area contributed by atoms with Crippen LogP contribution >= 0.6 is 15.9 Å². The van der Waals surface area contributed by atoms with E-state index in [1.54, 1.807) is 12.1 Å². The first-order valence-corrected chi connectivity index (χ1v) is 7.14. The Morgan fingerprint density at radius 1 is 1.24 bits per heavy atom. The summed E-state index contributed by atoms with van der Waals surface area (Å²) >= 11 is 3.22. The molecule has 0 saturated heterocycles. The lowest BCUT2D eigenvalue weighted by Gasteiger charge is -2.09. The molecule has 17 heavy (non-hydrogen) atoms. The number of rotatable bonds is 2. The van der Waals surface area contributed by atoms with Gasteiger partial charge in [-0.3, -0.25) is 0 Å². The molecular weight excluding hydrogens is 308 g/mol. The van der Waals surface area contributed by atoms with Crippen LogP contribution in [0.2, 0.25) is 0 Å². The second-order valence-corrected chi connectivity index (χ2v) is 6.56. The molecular formula is C11H9BrO4S. The van der Waals surface area contributed by atoms with Crippen LogP contribution in [-0.4, -0.2) is 19.8 Å². The fourth-order valence-electron chi connectivity index (χ4n) is 1.42. The van der Waals surface area contributed by atoms with Crippen LogP contribution in [-0.2, 0) is 19.4 Å². The average molecular weight is 317 g/mol. The van der Waals surface area contributed by atoms with Crippen LogP contribution in [0.1, 0.15) is 6.92 Å². The molecule has 1 aromatic rings. The van der Waals surface area contributed by atoms with Crippen LogP contribution in [0.25, 0.3) is 0 Å². The molecule has 6 heteroatoms. The van der Waals surface area contributed by atoms with Gasteiger partial charge in [0.1, 0.15) is 0 Å². The van der Waals surface area contributed by atoms with Crippen LogP contribution in [0.15, 0.2) is 45.3 Å². The van der Waals surface area contributed by atoms with E-state index in [4.69, 9.17) is 4.74 Å². The number of halogens is 1. The number of carbonyl (C=O) groups excluding carboxylic acids is 1. The van der Waals surface area contributed by atoms with E-state index in [9.17, 15) is 13.2 Å². The molecule has 0 fully saturated rings. The van der Waals surface area contributed by atoms with Gasteiger partial charge in [-0.2, -0.15) is 0 Å². The van der Waals surface area contributed by atoms with E-state index in [-0.39, 0.29) is 4.90 Å². The summed E-state index contributed by atoms with van der Waals surface area (Å²) in [5.41, 5.74) is -0.896. The molecule has 0 aromatic heterocycles. The van der Waals surface area contributed by atoms with Crippen molar-refractivity contribution in [3.63, 3.8) is 0 Å². The topological polar surface area (TPSA) is 60.4 Å². The summed E-state index contributed by atoms with van der Waals surface area (Å²) in [6.07, 6.45) is 1.32. The second kappa shape index (κ2) is 4.27. The Kier molecular flexibility index (Phi) is 3.09.